The summed E-state index contributed by atoms with van der Waals surface area (Å²) in [4.78, 5) is 27.8. The minimum Gasteiger partial charge on any atom is -0.378 e. The lowest BCUT2D eigenvalue weighted by atomic mass is 10.1. The number of piperidine rings is 1. The number of aromatic nitrogens is 3. The number of H-pyrrole nitrogens is 1. The number of halogens is 1. The number of hydrogen-bond acceptors (Lipinski definition) is 8. The Balaban J connectivity index is 0.00000218. The molecule has 4 heterocycles. The molecule has 0 unspecified atom stereocenters. The minimum absolute atomic E-state index is 0. The molecule has 2 aliphatic rings. The van der Waals surface area contributed by atoms with Crippen molar-refractivity contribution in [1.82, 2.24) is 20.3 Å². The van der Waals surface area contributed by atoms with Crippen LogP contribution in [0.25, 0.3) is 20.8 Å². The standard InChI is InChI=1S/C20H24N6O2S.ClH/c27-18-16(19-23-14-3-1-2-4-15(14)29-19)17(22-13-5-7-21-8-6-13)24-20(25-18)26-9-11-28-12-10-26;/h1-4,13,21H,5-12H2,(H2,22,24,25,27);1H. The number of thiazole rings is 1. The molecule has 2 saturated heterocycles. The molecule has 3 N–H and O–H groups in total. The van der Waals surface area contributed by atoms with E-state index in [0.717, 1.165) is 49.2 Å². The number of nitrogens with zero attached hydrogens (tertiary/aromatic N) is 3. The van der Waals surface area contributed by atoms with Gasteiger partial charge in [-0.15, -0.1) is 23.7 Å². The van der Waals surface area contributed by atoms with Gasteiger partial charge in [0.05, 0.1) is 23.4 Å². The molecule has 2 fully saturated rings. The normalized spacial score (nSPS) is 17.7. The number of rotatable bonds is 4. The first kappa shape index (κ1) is 21.0. The van der Waals surface area contributed by atoms with Crippen LogP contribution < -0.4 is 21.1 Å². The number of benzene rings is 1. The number of morpholine rings is 1. The summed E-state index contributed by atoms with van der Waals surface area (Å²) in [6, 6.07) is 8.24. The van der Waals surface area contributed by atoms with Crippen molar-refractivity contribution in [3.05, 3.63) is 34.6 Å². The van der Waals surface area contributed by atoms with Gasteiger partial charge in [0.25, 0.3) is 5.56 Å². The van der Waals surface area contributed by atoms with Gasteiger partial charge in [-0.2, -0.15) is 4.98 Å². The van der Waals surface area contributed by atoms with E-state index < -0.39 is 0 Å². The van der Waals surface area contributed by atoms with Crippen molar-refractivity contribution < 1.29 is 4.74 Å². The average Bonchev–Trinajstić information content (AvgIpc) is 3.18. The first-order chi connectivity index (χ1) is 14.3. The highest BCUT2D eigenvalue weighted by molar-refractivity contribution is 7.21. The summed E-state index contributed by atoms with van der Waals surface area (Å²) in [5.41, 5.74) is 1.27. The zero-order chi connectivity index (χ0) is 19.6. The second kappa shape index (κ2) is 9.30. The van der Waals surface area contributed by atoms with Crippen molar-refractivity contribution in [1.29, 1.82) is 0 Å². The first-order valence-electron chi connectivity index (χ1n) is 10.1. The maximum absolute atomic E-state index is 13.2. The van der Waals surface area contributed by atoms with Crippen molar-refractivity contribution >= 4 is 45.7 Å². The third-order valence-electron chi connectivity index (χ3n) is 5.41. The van der Waals surface area contributed by atoms with E-state index in [0.29, 0.717) is 35.6 Å². The Bertz CT molecular complexity index is 1030. The molecule has 160 valence electrons. The van der Waals surface area contributed by atoms with Crippen molar-refractivity contribution in [3.8, 4) is 10.6 Å². The molecular weight excluding hydrogens is 424 g/mol. The summed E-state index contributed by atoms with van der Waals surface area (Å²) >= 11 is 1.53. The van der Waals surface area contributed by atoms with Gasteiger partial charge in [-0.3, -0.25) is 9.78 Å². The molecule has 30 heavy (non-hydrogen) atoms. The quantitative estimate of drug-likeness (QED) is 0.564. The van der Waals surface area contributed by atoms with Gasteiger partial charge in [0.2, 0.25) is 5.95 Å². The van der Waals surface area contributed by atoms with Crippen LogP contribution in [0.5, 0.6) is 0 Å². The summed E-state index contributed by atoms with van der Waals surface area (Å²) in [5.74, 6) is 1.22. The third kappa shape index (κ3) is 4.29. The second-order valence-electron chi connectivity index (χ2n) is 7.37. The lowest BCUT2D eigenvalue weighted by Gasteiger charge is -2.29. The van der Waals surface area contributed by atoms with Crippen molar-refractivity contribution in [2.24, 2.45) is 0 Å². The Labute approximate surface area is 184 Å². The van der Waals surface area contributed by atoms with E-state index in [1.807, 2.05) is 24.3 Å². The highest BCUT2D eigenvalue weighted by Crippen LogP contribution is 2.32. The van der Waals surface area contributed by atoms with Crippen molar-refractivity contribution in [2.75, 3.05) is 49.6 Å². The fourth-order valence-electron chi connectivity index (χ4n) is 3.83. The van der Waals surface area contributed by atoms with Gasteiger partial charge in [0.1, 0.15) is 16.4 Å². The van der Waals surface area contributed by atoms with E-state index in [4.69, 9.17) is 14.7 Å². The molecule has 1 aromatic carbocycles. The van der Waals surface area contributed by atoms with E-state index in [-0.39, 0.29) is 24.0 Å². The van der Waals surface area contributed by atoms with E-state index in [1.165, 1.54) is 11.3 Å². The van der Waals surface area contributed by atoms with Gasteiger partial charge in [-0.25, -0.2) is 4.98 Å². The fourth-order valence-corrected chi connectivity index (χ4v) is 4.84. The van der Waals surface area contributed by atoms with Crippen LogP contribution in [0.2, 0.25) is 0 Å². The third-order valence-corrected chi connectivity index (χ3v) is 6.46. The molecule has 10 heteroatoms. The highest BCUT2D eigenvalue weighted by Gasteiger charge is 2.23. The zero-order valence-electron chi connectivity index (χ0n) is 16.5. The molecule has 0 amide bonds. The number of fused-ring (bicyclic) bond motifs is 1. The average molecular weight is 449 g/mol. The Kier molecular flexibility index (Phi) is 6.52. The van der Waals surface area contributed by atoms with Gasteiger partial charge in [-0.1, -0.05) is 12.1 Å². The first-order valence-corrected chi connectivity index (χ1v) is 10.9. The van der Waals surface area contributed by atoms with Crippen molar-refractivity contribution in [3.63, 3.8) is 0 Å². The SMILES string of the molecule is Cl.O=c1[nH]c(N2CCOCC2)nc(NC2CCNCC2)c1-c1nc2ccccc2s1. The van der Waals surface area contributed by atoms with Crippen LogP contribution in [0, 0.1) is 0 Å². The monoisotopic (exact) mass is 448 g/mol. The Morgan fingerprint density at radius 3 is 2.67 bits per heavy atom. The summed E-state index contributed by atoms with van der Waals surface area (Å²) in [5, 5.41) is 7.63. The molecule has 0 aliphatic carbocycles. The smallest absolute Gasteiger partial charge is 0.264 e. The molecule has 8 nitrogen and oxygen atoms in total. The zero-order valence-corrected chi connectivity index (χ0v) is 18.2. The molecule has 2 aromatic heterocycles. The van der Waals surface area contributed by atoms with Gasteiger partial charge in [0, 0.05) is 19.1 Å². The number of aromatic amines is 1. The van der Waals surface area contributed by atoms with Gasteiger partial charge >= 0.3 is 0 Å². The lowest BCUT2D eigenvalue weighted by molar-refractivity contribution is 0.122. The van der Waals surface area contributed by atoms with Crippen LogP contribution in [0.15, 0.2) is 29.1 Å². The molecule has 0 saturated carbocycles. The van der Waals surface area contributed by atoms with Crippen LogP contribution in [0.4, 0.5) is 11.8 Å². The highest BCUT2D eigenvalue weighted by atomic mass is 35.5. The number of anilines is 2. The Hall–Kier alpha value is -2.20. The van der Waals surface area contributed by atoms with E-state index in [2.05, 4.69) is 20.5 Å². The number of nitrogens with one attached hydrogen (secondary N) is 3. The second-order valence-corrected chi connectivity index (χ2v) is 8.40. The molecule has 0 spiro atoms. The van der Waals surface area contributed by atoms with Gasteiger partial charge in [0.15, 0.2) is 0 Å². The van der Waals surface area contributed by atoms with E-state index >= 15 is 0 Å². The number of para-hydroxylation sites is 1. The predicted octanol–water partition coefficient (Wildman–Crippen LogP) is 2.47. The summed E-state index contributed by atoms with van der Waals surface area (Å²) in [6.45, 7) is 4.65. The van der Waals surface area contributed by atoms with E-state index in [9.17, 15) is 4.79 Å². The Morgan fingerprint density at radius 1 is 1.13 bits per heavy atom. The summed E-state index contributed by atoms with van der Waals surface area (Å²) < 4.78 is 6.50. The van der Waals surface area contributed by atoms with Crippen LogP contribution in [0.1, 0.15) is 12.8 Å². The molecular formula is C20H25ClN6O2S. The minimum atomic E-state index is -0.156. The molecule has 0 radical (unpaired) electrons. The van der Waals surface area contributed by atoms with Gasteiger partial charge < -0.3 is 20.3 Å². The summed E-state index contributed by atoms with van der Waals surface area (Å²) in [7, 11) is 0. The van der Waals surface area contributed by atoms with Crippen LogP contribution in [-0.2, 0) is 4.74 Å². The van der Waals surface area contributed by atoms with Crippen LogP contribution >= 0.6 is 23.7 Å². The molecule has 2 aliphatic heterocycles. The van der Waals surface area contributed by atoms with Crippen molar-refractivity contribution in [2.45, 2.75) is 18.9 Å². The maximum atomic E-state index is 13.2. The van der Waals surface area contributed by atoms with E-state index in [1.54, 1.807) is 0 Å². The topological polar surface area (TPSA) is 95.2 Å². The Morgan fingerprint density at radius 2 is 1.90 bits per heavy atom. The molecule has 3 aromatic rings. The van der Waals surface area contributed by atoms with Crippen LogP contribution in [0.3, 0.4) is 0 Å². The number of hydrogen-bond donors (Lipinski definition) is 3. The largest absolute Gasteiger partial charge is 0.378 e. The summed E-state index contributed by atoms with van der Waals surface area (Å²) in [6.07, 6.45) is 2.00. The maximum Gasteiger partial charge on any atom is 0.264 e. The lowest BCUT2D eigenvalue weighted by Crippen LogP contribution is -2.39. The van der Waals surface area contributed by atoms with Crippen LogP contribution in [-0.4, -0.2) is 60.4 Å². The number of ether oxygens (including phenoxy) is 1. The van der Waals surface area contributed by atoms with Gasteiger partial charge in [-0.05, 0) is 38.1 Å². The molecule has 0 bridgehead atoms. The molecule has 0 atom stereocenters. The molecule has 5 rings (SSSR count). The fraction of sp³-hybridized carbons (Fsp3) is 0.450. The predicted molar refractivity (Wildman–Crippen MR) is 123 cm³/mol.